The van der Waals surface area contributed by atoms with Gasteiger partial charge in [0.15, 0.2) is 0 Å². The van der Waals surface area contributed by atoms with Crippen molar-refractivity contribution in [2.45, 2.75) is 26.3 Å². The van der Waals surface area contributed by atoms with E-state index in [0.717, 1.165) is 50.3 Å². The lowest BCUT2D eigenvalue weighted by atomic mass is 10.00. The molecular weight excluding hydrogens is 414 g/mol. The van der Waals surface area contributed by atoms with Gasteiger partial charge in [-0.25, -0.2) is 0 Å². The first-order valence-corrected chi connectivity index (χ1v) is 11.7. The molecule has 7 heteroatoms. The SMILES string of the molecule is Cc1ccc(NC(=O)C(=O)NC[C@H](c2ccc3c(c2)CCN3C)N2CCN(C)CC2)cc1C. The van der Waals surface area contributed by atoms with Crippen molar-refractivity contribution in [3.05, 3.63) is 58.7 Å². The molecule has 0 bridgehead atoms. The number of fused-ring (bicyclic) bond motifs is 1. The molecule has 33 heavy (non-hydrogen) atoms. The Bertz CT molecular complexity index is 1030. The van der Waals surface area contributed by atoms with E-state index in [1.807, 2.05) is 32.0 Å². The van der Waals surface area contributed by atoms with Crippen LogP contribution in [0.15, 0.2) is 36.4 Å². The summed E-state index contributed by atoms with van der Waals surface area (Å²) >= 11 is 0. The average Bonchev–Trinajstić information content (AvgIpc) is 3.17. The third-order valence-electron chi connectivity index (χ3n) is 7.02. The molecule has 2 amide bonds. The molecule has 0 spiro atoms. The Balaban J connectivity index is 1.45. The van der Waals surface area contributed by atoms with Crippen LogP contribution in [0.5, 0.6) is 0 Å². The molecule has 2 aliphatic rings. The second kappa shape index (κ2) is 9.93. The number of benzene rings is 2. The van der Waals surface area contributed by atoms with Crippen LogP contribution < -0.4 is 15.5 Å². The van der Waals surface area contributed by atoms with Gasteiger partial charge >= 0.3 is 11.8 Å². The molecule has 7 nitrogen and oxygen atoms in total. The molecule has 0 radical (unpaired) electrons. The highest BCUT2D eigenvalue weighted by atomic mass is 16.2. The van der Waals surface area contributed by atoms with Crippen LogP contribution in [0.25, 0.3) is 0 Å². The van der Waals surface area contributed by atoms with Crippen molar-refractivity contribution in [1.29, 1.82) is 0 Å². The molecule has 0 aromatic heterocycles. The van der Waals surface area contributed by atoms with Crippen molar-refractivity contribution < 1.29 is 9.59 Å². The van der Waals surface area contributed by atoms with E-state index in [-0.39, 0.29) is 6.04 Å². The fourth-order valence-electron chi connectivity index (χ4n) is 4.66. The van der Waals surface area contributed by atoms with E-state index in [1.54, 1.807) is 0 Å². The number of rotatable bonds is 5. The minimum Gasteiger partial charge on any atom is -0.374 e. The van der Waals surface area contributed by atoms with Crippen LogP contribution in [-0.4, -0.2) is 75.0 Å². The number of carbonyl (C=O) groups is 2. The Hall–Kier alpha value is -2.90. The number of hydrogen-bond donors (Lipinski definition) is 2. The van der Waals surface area contributed by atoms with Gasteiger partial charge in [-0.15, -0.1) is 0 Å². The van der Waals surface area contributed by atoms with Crippen LogP contribution in [0, 0.1) is 13.8 Å². The summed E-state index contributed by atoms with van der Waals surface area (Å²) in [5.74, 6) is -1.24. The second-order valence-electron chi connectivity index (χ2n) is 9.38. The fraction of sp³-hybridized carbons (Fsp3) is 0.462. The van der Waals surface area contributed by atoms with E-state index in [2.05, 4.69) is 57.6 Å². The lowest BCUT2D eigenvalue weighted by molar-refractivity contribution is -0.136. The van der Waals surface area contributed by atoms with Gasteiger partial charge in [-0.3, -0.25) is 14.5 Å². The summed E-state index contributed by atoms with van der Waals surface area (Å²) in [7, 11) is 4.26. The van der Waals surface area contributed by atoms with Crippen molar-refractivity contribution >= 4 is 23.2 Å². The highest BCUT2D eigenvalue weighted by Gasteiger charge is 2.27. The van der Waals surface area contributed by atoms with Gasteiger partial charge in [-0.1, -0.05) is 18.2 Å². The molecule has 176 valence electrons. The van der Waals surface area contributed by atoms with Gasteiger partial charge in [0.1, 0.15) is 0 Å². The summed E-state index contributed by atoms with van der Waals surface area (Å²) in [5.41, 5.74) is 6.69. The zero-order valence-electron chi connectivity index (χ0n) is 20.1. The van der Waals surface area contributed by atoms with Crippen LogP contribution in [0.1, 0.15) is 28.3 Å². The van der Waals surface area contributed by atoms with Gasteiger partial charge in [-0.05, 0) is 67.8 Å². The maximum Gasteiger partial charge on any atom is 0.313 e. The lowest BCUT2D eigenvalue weighted by Gasteiger charge is -2.38. The van der Waals surface area contributed by atoms with Gasteiger partial charge in [-0.2, -0.15) is 0 Å². The maximum atomic E-state index is 12.6. The van der Waals surface area contributed by atoms with Crippen molar-refractivity contribution in [2.75, 3.05) is 63.6 Å². The Morgan fingerprint density at radius 1 is 0.909 bits per heavy atom. The van der Waals surface area contributed by atoms with Gasteiger partial charge in [0.2, 0.25) is 0 Å². The van der Waals surface area contributed by atoms with E-state index in [0.29, 0.717) is 12.2 Å². The Labute approximate surface area is 196 Å². The molecule has 2 N–H and O–H groups in total. The number of amides is 2. The molecular formula is C26H35N5O2. The normalized spacial score (nSPS) is 17.5. The van der Waals surface area contributed by atoms with Crippen LogP contribution in [0.3, 0.4) is 0 Å². The predicted molar refractivity (Wildman–Crippen MR) is 133 cm³/mol. The number of hydrogen-bond acceptors (Lipinski definition) is 5. The predicted octanol–water partition coefficient (Wildman–Crippen LogP) is 2.34. The van der Waals surface area contributed by atoms with E-state index in [1.165, 1.54) is 16.8 Å². The van der Waals surface area contributed by atoms with Crippen LogP contribution in [-0.2, 0) is 16.0 Å². The summed E-state index contributed by atoms with van der Waals surface area (Å²) < 4.78 is 0. The van der Waals surface area contributed by atoms with Crippen LogP contribution in [0.2, 0.25) is 0 Å². The average molecular weight is 450 g/mol. The molecule has 1 fully saturated rings. The van der Waals surface area contributed by atoms with Crippen molar-refractivity contribution in [3.63, 3.8) is 0 Å². The van der Waals surface area contributed by atoms with Gasteiger partial charge in [0.05, 0.1) is 6.04 Å². The Kier molecular flexibility index (Phi) is 7.00. The number of likely N-dealkylation sites (N-methyl/N-ethyl adjacent to an activating group) is 2. The molecule has 1 atom stereocenters. The molecule has 2 heterocycles. The second-order valence-corrected chi connectivity index (χ2v) is 9.38. The zero-order chi connectivity index (χ0) is 23.5. The number of piperazine rings is 1. The van der Waals surface area contributed by atoms with E-state index in [4.69, 9.17) is 0 Å². The number of nitrogens with zero attached hydrogens (tertiary/aromatic N) is 3. The highest BCUT2D eigenvalue weighted by molar-refractivity contribution is 6.39. The zero-order valence-corrected chi connectivity index (χ0v) is 20.1. The largest absolute Gasteiger partial charge is 0.374 e. The van der Waals surface area contributed by atoms with Gasteiger partial charge < -0.3 is 20.4 Å². The maximum absolute atomic E-state index is 12.6. The minimum atomic E-state index is -0.633. The lowest BCUT2D eigenvalue weighted by Crippen LogP contribution is -2.49. The first-order chi connectivity index (χ1) is 15.8. The van der Waals surface area contributed by atoms with Crippen LogP contribution >= 0.6 is 0 Å². The monoisotopic (exact) mass is 449 g/mol. The highest BCUT2D eigenvalue weighted by Crippen LogP contribution is 2.31. The number of anilines is 2. The summed E-state index contributed by atoms with van der Waals surface area (Å²) in [6.07, 6.45) is 1.04. The third-order valence-corrected chi connectivity index (χ3v) is 7.02. The molecule has 0 aliphatic carbocycles. The van der Waals surface area contributed by atoms with Crippen LogP contribution in [0.4, 0.5) is 11.4 Å². The number of aryl methyl sites for hydroxylation is 2. The minimum absolute atomic E-state index is 0.0354. The smallest absolute Gasteiger partial charge is 0.313 e. The summed E-state index contributed by atoms with van der Waals surface area (Å²) in [4.78, 5) is 32.2. The molecule has 0 saturated carbocycles. The molecule has 2 aromatic carbocycles. The van der Waals surface area contributed by atoms with E-state index < -0.39 is 11.8 Å². The van der Waals surface area contributed by atoms with Gasteiger partial charge in [0.25, 0.3) is 0 Å². The topological polar surface area (TPSA) is 67.9 Å². The molecule has 2 aromatic rings. The third kappa shape index (κ3) is 5.37. The first-order valence-electron chi connectivity index (χ1n) is 11.7. The Morgan fingerprint density at radius 2 is 1.67 bits per heavy atom. The number of nitrogens with one attached hydrogen (secondary N) is 2. The standard InChI is InChI=1S/C26H35N5O2/c1-18-5-7-22(15-19(18)2)28-26(33)25(32)27-17-24(31-13-11-29(3)12-14-31)20-6-8-23-21(16-20)9-10-30(23)4/h5-8,15-16,24H,9-14,17H2,1-4H3,(H,27,32)(H,28,33)/t24-/m1/s1. The first kappa shape index (κ1) is 23.3. The van der Waals surface area contributed by atoms with E-state index >= 15 is 0 Å². The Morgan fingerprint density at radius 3 is 2.39 bits per heavy atom. The van der Waals surface area contributed by atoms with E-state index in [9.17, 15) is 9.59 Å². The molecule has 4 rings (SSSR count). The summed E-state index contributed by atoms with van der Waals surface area (Å²) in [6, 6.07) is 12.3. The quantitative estimate of drug-likeness (QED) is 0.686. The van der Waals surface area contributed by atoms with Crippen molar-refractivity contribution in [3.8, 4) is 0 Å². The van der Waals surface area contributed by atoms with Crippen molar-refractivity contribution in [1.82, 2.24) is 15.1 Å². The molecule has 0 unspecified atom stereocenters. The molecule has 2 aliphatic heterocycles. The number of carbonyl (C=O) groups excluding carboxylic acids is 2. The molecule has 1 saturated heterocycles. The van der Waals surface area contributed by atoms with Gasteiger partial charge in [0, 0.05) is 57.7 Å². The fourth-order valence-corrected chi connectivity index (χ4v) is 4.66. The summed E-state index contributed by atoms with van der Waals surface area (Å²) in [5, 5.41) is 5.62. The van der Waals surface area contributed by atoms with Crippen molar-refractivity contribution in [2.24, 2.45) is 0 Å². The summed E-state index contributed by atoms with van der Waals surface area (Å²) in [6.45, 7) is 9.29.